The molecule has 4 heterocycles. The lowest BCUT2D eigenvalue weighted by Gasteiger charge is -2.23. The summed E-state index contributed by atoms with van der Waals surface area (Å²) in [4.78, 5) is 17.5. The van der Waals surface area contributed by atoms with Crippen molar-refractivity contribution in [2.24, 2.45) is 0 Å². The summed E-state index contributed by atoms with van der Waals surface area (Å²) in [6.07, 6.45) is 2.66. The number of anilines is 1. The van der Waals surface area contributed by atoms with E-state index in [1.54, 1.807) is 24.6 Å². The Morgan fingerprint density at radius 2 is 2.30 bits per heavy atom. The van der Waals surface area contributed by atoms with E-state index < -0.39 is 6.10 Å². The van der Waals surface area contributed by atoms with Gasteiger partial charge in [-0.15, -0.1) is 11.3 Å². The molecule has 120 valence electrons. The molecule has 8 heteroatoms. The topological polar surface area (TPSA) is 88.2 Å². The number of hydrogen-bond donors (Lipinski definition) is 1. The minimum absolute atomic E-state index is 0.158. The van der Waals surface area contributed by atoms with Crippen molar-refractivity contribution in [2.75, 3.05) is 11.4 Å². The molecular weight excluding hydrogens is 314 g/mol. The summed E-state index contributed by atoms with van der Waals surface area (Å²) < 4.78 is 5.33. The molecule has 1 fully saturated rings. The maximum atomic E-state index is 10.2. The van der Waals surface area contributed by atoms with Gasteiger partial charge < -0.3 is 14.5 Å². The first-order chi connectivity index (χ1) is 11.2. The molecule has 1 N–H and O–H groups in total. The van der Waals surface area contributed by atoms with Gasteiger partial charge in [-0.3, -0.25) is 0 Å². The number of thiophene rings is 1. The molecule has 0 bridgehead atoms. The SMILES string of the molecule is CCc1cc2c(N3C[C@H](O)C[C@@H]3c3nc(C)no3)ncnc2s1. The number of fused-ring (bicyclic) bond motifs is 1. The average Bonchev–Trinajstić information content (AvgIpc) is 3.23. The van der Waals surface area contributed by atoms with Gasteiger partial charge in [0, 0.05) is 17.8 Å². The number of rotatable bonds is 3. The van der Waals surface area contributed by atoms with Crippen LogP contribution in [0.2, 0.25) is 0 Å². The van der Waals surface area contributed by atoms with Gasteiger partial charge in [0.05, 0.1) is 11.5 Å². The maximum absolute atomic E-state index is 10.2. The van der Waals surface area contributed by atoms with Crippen LogP contribution in [-0.2, 0) is 6.42 Å². The molecule has 0 saturated carbocycles. The molecule has 0 spiro atoms. The highest BCUT2D eigenvalue weighted by Crippen LogP contribution is 2.39. The van der Waals surface area contributed by atoms with Gasteiger partial charge in [0.15, 0.2) is 5.82 Å². The van der Waals surface area contributed by atoms with Crippen molar-refractivity contribution in [3.63, 3.8) is 0 Å². The lowest BCUT2D eigenvalue weighted by Crippen LogP contribution is -2.25. The highest BCUT2D eigenvalue weighted by Gasteiger charge is 2.37. The van der Waals surface area contributed by atoms with Gasteiger partial charge in [-0.1, -0.05) is 12.1 Å². The van der Waals surface area contributed by atoms with Gasteiger partial charge in [-0.05, 0) is 19.4 Å². The fraction of sp³-hybridized carbons (Fsp3) is 0.467. The summed E-state index contributed by atoms with van der Waals surface area (Å²) >= 11 is 1.68. The number of nitrogens with zero attached hydrogens (tertiary/aromatic N) is 5. The molecule has 4 rings (SSSR count). The smallest absolute Gasteiger partial charge is 0.249 e. The highest BCUT2D eigenvalue weighted by atomic mass is 32.1. The van der Waals surface area contributed by atoms with Gasteiger partial charge in [-0.2, -0.15) is 4.98 Å². The van der Waals surface area contributed by atoms with Crippen LogP contribution in [-0.4, -0.2) is 37.9 Å². The van der Waals surface area contributed by atoms with Crippen LogP contribution in [0.4, 0.5) is 5.82 Å². The fourth-order valence-corrected chi connectivity index (χ4v) is 3.96. The third-order valence-electron chi connectivity index (χ3n) is 4.09. The van der Waals surface area contributed by atoms with Crippen molar-refractivity contribution in [3.05, 3.63) is 29.0 Å². The minimum Gasteiger partial charge on any atom is -0.391 e. The Kier molecular flexibility index (Phi) is 3.50. The Balaban J connectivity index is 1.80. The van der Waals surface area contributed by atoms with E-state index in [1.165, 1.54) is 4.88 Å². The third kappa shape index (κ3) is 2.47. The molecule has 0 unspecified atom stereocenters. The summed E-state index contributed by atoms with van der Waals surface area (Å²) in [6, 6.07) is 1.98. The average molecular weight is 331 g/mol. The first-order valence-electron chi connectivity index (χ1n) is 7.64. The van der Waals surface area contributed by atoms with Crippen LogP contribution < -0.4 is 4.90 Å². The summed E-state index contributed by atoms with van der Waals surface area (Å²) in [5, 5.41) is 15.0. The Labute approximate surface area is 137 Å². The molecule has 3 aromatic rings. The van der Waals surface area contributed by atoms with E-state index in [4.69, 9.17) is 4.52 Å². The van der Waals surface area contributed by atoms with E-state index in [0.717, 1.165) is 22.5 Å². The van der Waals surface area contributed by atoms with E-state index in [1.807, 2.05) is 4.90 Å². The molecule has 1 saturated heterocycles. The molecule has 23 heavy (non-hydrogen) atoms. The second-order valence-corrected chi connectivity index (χ2v) is 6.84. The molecule has 1 aliphatic heterocycles. The van der Waals surface area contributed by atoms with Crippen molar-refractivity contribution >= 4 is 27.4 Å². The second-order valence-electron chi connectivity index (χ2n) is 5.72. The van der Waals surface area contributed by atoms with E-state index in [-0.39, 0.29) is 6.04 Å². The van der Waals surface area contributed by atoms with Crippen LogP contribution in [0.25, 0.3) is 10.2 Å². The predicted octanol–water partition coefficient (Wildman–Crippen LogP) is 2.26. The van der Waals surface area contributed by atoms with Crippen LogP contribution in [0.1, 0.15) is 36.0 Å². The number of aliphatic hydroxyl groups excluding tert-OH is 1. The molecule has 0 amide bonds. The van der Waals surface area contributed by atoms with E-state index in [0.29, 0.717) is 24.7 Å². The Morgan fingerprint density at radius 1 is 1.43 bits per heavy atom. The second kappa shape index (κ2) is 5.54. The minimum atomic E-state index is -0.443. The van der Waals surface area contributed by atoms with Crippen molar-refractivity contribution in [2.45, 2.75) is 38.8 Å². The zero-order valence-corrected chi connectivity index (χ0v) is 13.7. The number of aliphatic hydroxyl groups is 1. The largest absolute Gasteiger partial charge is 0.391 e. The molecule has 3 aromatic heterocycles. The molecule has 0 aromatic carbocycles. The highest BCUT2D eigenvalue weighted by molar-refractivity contribution is 7.18. The summed E-state index contributed by atoms with van der Waals surface area (Å²) in [7, 11) is 0. The van der Waals surface area contributed by atoms with Crippen LogP contribution >= 0.6 is 11.3 Å². The van der Waals surface area contributed by atoms with Gasteiger partial charge in [0.1, 0.15) is 23.0 Å². The van der Waals surface area contributed by atoms with Gasteiger partial charge in [0.25, 0.3) is 0 Å². The maximum Gasteiger partial charge on any atom is 0.249 e. The van der Waals surface area contributed by atoms with Crippen LogP contribution in [0, 0.1) is 6.92 Å². The Morgan fingerprint density at radius 3 is 3.04 bits per heavy atom. The predicted molar refractivity (Wildman–Crippen MR) is 86.5 cm³/mol. The number of aromatic nitrogens is 4. The van der Waals surface area contributed by atoms with E-state index >= 15 is 0 Å². The Hall–Kier alpha value is -2.06. The van der Waals surface area contributed by atoms with E-state index in [9.17, 15) is 5.11 Å². The van der Waals surface area contributed by atoms with Crippen LogP contribution in [0.15, 0.2) is 16.9 Å². The standard InChI is InChI=1S/C15H17N5O2S/c1-3-10-5-11-13(16-7-17-15(11)23-10)20-6-9(21)4-12(20)14-18-8(2)19-22-14/h5,7,9,12,21H,3-4,6H2,1-2H3/t9-,12-/m1/s1. The molecule has 2 atom stereocenters. The molecule has 0 radical (unpaired) electrons. The van der Waals surface area contributed by atoms with Crippen LogP contribution in [0.5, 0.6) is 0 Å². The quantitative estimate of drug-likeness (QED) is 0.787. The van der Waals surface area contributed by atoms with Crippen molar-refractivity contribution in [3.8, 4) is 0 Å². The lowest BCUT2D eigenvalue weighted by atomic mass is 10.2. The van der Waals surface area contributed by atoms with Crippen molar-refractivity contribution < 1.29 is 9.63 Å². The third-order valence-corrected chi connectivity index (χ3v) is 5.27. The zero-order valence-electron chi connectivity index (χ0n) is 12.9. The first kappa shape index (κ1) is 14.5. The molecule has 7 nitrogen and oxygen atoms in total. The van der Waals surface area contributed by atoms with Crippen LogP contribution in [0.3, 0.4) is 0 Å². The summed E-state index contributed by atoms with van der Waals surface area (Å²) in [5.41, 5.74) is 0. The normalized spacial score (nSPS) is 21.4. The Bertz CT molecular complexity index is 845. The van der Waals surface area contributed by atoms with Crippen molar-refractivity contribution in [1.29, 1.82) is 0 Å². The van der Waals surface area contributed by atoms with Gasteiger partial charge >= 0.3 is 0 Å². The van der Waals surface area contributed by atoms with Gasteiger partial charge in [-0.25, -0.2) is 9.97 Å². The number of β-amino-alcohol motifs (C(OH)–C–C–N with tert-alkyl or cyclic N) is 1. The lowest BCUT2D eigenvalue weighted by molar-refractivity contribution is 0.191. The monoisotopic (exact) mass is 331 g/mol. The fourth-order valence-electron chi connectivity index (χ4n) is 3.03. The first-order valence-corrected chi connectivity index (χ1v) is 8.45. The summed E-state index contributed by atoms with van der Waals surface area (Å²) in [6.45, 7) is 4.41. The van der Waals surface area contributed by atoms with E-state index in [2.05, 4.69) is 33.1 Å². The van der Waals surface area contributed by atoms with Gasteiger partial charge in [0.2, 0.25) is 5.89 Å². The number of hydrogen-bond acceptors (Lipinski definition) is 8. The zero-order chi connectivity index (χ0) is 16.0. The van der Waals surface area contributed by atoms with Crippen molar-refractivity contribution in [1.82, 2.24) is 20.1 Å². The summed E-state index contributed by atoms with van der Waals surface area (Å²) in [5.74, 6) is 1.94. The molecule has 0 aliphatic carbocycles. The molecular formula is C15H17N5O2S. The molecule has 1 aliphatic rings. The number of aryl methyl sites for hydroxylation is 2.